The SMILES string of the molecule is Cc1ccc(C)c(C2COc3ccc(F)cc3N2)c1. The van der Waals surface area contributed by atoms with Crippen molar-refractivity contribution in [2.24, 2.45) is 0 Å². The Labute approximate surface area is 112 Å². The molecule has 0 saturated heterocycles. The zero-order chi connectivity index (χ0) is 13.4. The van der Waals surface area contributed by atoms with Gasteiger partial charge in [-0.1, -0.05) is 23.8 Å². The highest BCUT2D eigenvalue weighted by molar-refractivity contribution is 5.59. The predicted molar refractivity (Wildman–Crippen MR) is 74.2 cm³/mol. The summed E-state index contributed by atoms with van der Waals surface area (Å²) >= 11 is 0. The van der Waals surface area contributed by atoms with Crippen molar-refractivity contribution >= 4 is 5.69 Å². The average Bonchev–Trinajstić information content (AvgIpc) is 2.40. The van der Waals surface area contributed by atoms with Crippen LogP contribution in [0.4, 0.5) is 10.1 Å². The molecule has 98 valence electrons. The lowest BCUT2D eigenvalue weighted by atomic mass is 9.98. The zero-order valence-corrected chi connectivity index (χ0v) is 11.0. The smallest absolute Gasteiger partial charge is 0.142 e. The second kappa shape index (κ2) is 4.57. The number of halogens is 1. The van der Waals surface area contributed by atoms with Crippen LogP contribution in [0, 0.1) is 19.7 Å². The van der Waals surface area contributed by atoms with Gasteiger partial charge in [0.1, 0.15) is 18.2 Å². The van der Waals surface area contributed by atoms with Gasteiger partial charge >= 0.3 is 0 Å². The van der Waals surface area contributed by atoms with Crippen LogP contribution in [-0.2, 0) is 0 Å². The molecular weight excluding hydrogens is 241 g/mol. The number of hydrogen-bond donors (Lipinski definition) is 1. The van der Waals surface area contributed by atoms with Gasteiger partial charge in [0.15, 0.2) is 0 Å². The van der Waals surface area contributed by atoms with E-state index in [1.165, 1.54) is 28.8 Å². The molecule has 19 heavy (non-hydrogen) atoms. The molecule has 2 aromatic carbocycles. The predicted octanol–water partition coefficient (Wildman–Crippen LogP) is 3.99. The molecule has 2 nitrogen and oxygen atoms in total. The first-order valence-electron chi connectivity index (χ1n) is 6.39. The first-order valence-corrected chi connectivity index (χ1v) is 6.39. The Kier molecular flexibility index (Phi) is 2.90. The molecule has 1 aliphatic heterocycles. The second-order valence-electron chi connectivity index (χ2n) is 5.01. The summed E-state index contributed by atoms with van der Waals surface area (Å²) < 4.78 is 19.0. The normalized spacial score (nSPS) is 17.3. The van der Waals surface area contributed by atoms with E-state index in [1.807, 2.05) is 0 Å². The van der Waals surface area contributed by atoms with Gasteiger partial charge in [-0.2, -0.15) is 0 Å². The molecule has 0 fully saturated rings. The third-order valence-corrected chi connectivity index (χ3v) is 3.49. The number of aryl methyl sites for hydroxylation is 2. The van der Waals surface area contributed by atoms with Gasteiger partial charge in [0.05, 0.1) is 11.7 Å². The lowest BCUT2D eigenvalue weighted by Gasteiger charge is -2.29. The Bertz CT molecular complexity index is 624. The molecule has 0 aliphatic carbocycles. The maximum Gasteiger partial charge on any atom is 0.142 e. The average molecular weight is 257 g/mol. The fraction of sp³-hybridized carbons (Fsp3) is 0.250. The molecule has 3 rings (SSSR count). The minimum atomic E-state index is -0.253. The van der Waals surface area contributed by atoms with Gasteiger partial charge in [0.2, 0.25) is 0 Å². The van der Waals surface area contributed by atoms with Crippen LogP contribution in [0.5, 0.6) is 5.75 Å². The molecule has 1 aliphatic rings. The number of rotatable bonds is 1. The van der Waals surface area contributed by atoms with Crippen LogP contribution in [-0.4, -0.2) is 6.61 Å². The Morgan fingerprint density at radius 3 is 2.84 bits per heavy atom. The Morgan fingerprint density at radius 1 is 1.16 bits per heavy atom. The van der Waals surface area contributed by atoms with Crippen LogP contribution in [0.25, 0.3) is 0 Å². The van der Waals surface area contributed by atoms with Crippen LogP contribution in [0.15, 0.2) is 36.4 Å². The number of fused-ring (bicyclic) bond motifs is 1. The molecule has 0 bridgehead atoms. The minimum absolute atomic E-state index is 0.0641. The number of anilines is 1. The highest BCUT2D eigenvalue weighted by Crippen LogP contribution is 2.35. The Balaban J connectivity index is 1.95. The van der Waals surface area contributed by atoms with Crippen molar-refractivity contribution < 1.29 is 9.13 Å². The highest BCUT2D eigenvalue weighted by atomic mass is 19.1. The molecule has 0 radical (unpaired) electrons. The first-order chi connectivity index (χ1) is 9.13. The molecule has 1 atom stereocenters. The first kappa shape index (κ1) is 12.0. The minimum Gasteiger partial charge on any atom is -0.489 e. The summed E-state index contributed by atoms with van der Waals surface area (Å²) in [6, 6.07) is 11.0. The van der Waals surface area contributed by atoms with Crippen LogP contribution in [0.3, 0.4) is 0 Å². The molecule has 1 N–H and O–H groups in total. The molecule has 0 spiro atoms. The summed E-state index contributed by atoms with van der Waals surface area (Å²) in [7, 11) is 0. The molecule has 2 aromatic rings. The highest BCUT2D eigenvalue weighted by Gasteiger charge is 2.22. The maximum atomic E-state index is 13.3. The third-order valence-electron chi connectivity index (χ3n) is 3.49. The van der Waals surface area contributed by atoms with Crippen LogP contribution >= 0.6 is 0 Å². The van der Waals surface area contributed by atoms with Crippen molar-refractivity contribution in [2.75, 3.05) is 11.9 Å². The number of nitrogens with one attached hydrogen (secondary N) is 1. The van der Waals surface area contributed by atoms with Gasteiger partial charge in [-0.3, -0.25) is 0 Å². The summed E-state index contributed by atoms with van der Waals surface area (Å²) in [4.78, 5) is 0. The van der Waals surface area contributed by atoms with Gasteiger partial charge in [0, 0.05) is 6.07 Å². The maximum absolute atomic E-state index is 13.3. The van der Waals surface area contributed by atoms with Crippen LogP contribution in [0.2, 0.25) is 0 Å². The van der Waals surface area contributed by atoms with Crippen molar-refractivity contribution in [1.82, 2.24) is 0 Å². The van der Waals surface area contributed by atoms with E-state index in [4.69, 9.17) is 4.74 Å². The van der Waals surface area contributed by atoms with Gasteiger partial charge in [0.25, 0.3) is 0 Å². The van der Waals surface area contributed by atoms with Crippen molar-refractivity contribution in [3.63, 3.8) is 0 Å². The van der Waals surface area contributed by atoms with E-state index in [1.54, 1.807) is 6.07 Å². The van der Waals surface area contributed by atoms with Gasteiger partial charge in [-0.25, -0.2) is 4.39 Å². The van der Waals surface area contributed by atoms with E-state index in [2.05, 4.69) is 37.4 Å². The number of ether oxygens (including phenoxy) is 1. The Hall–Kier alpha value is -2.03. The molecule has 0 amide bonds. The fourth-order valence-corrected chi connectivity index (χ4v) is 2.45. The molecule has 1 heterocycles. The second-order valence-corrected chi connectivity index (χ2v) is 5.01. The Morgan fingerprint density at radius 2 is 2.00 bits per heavy atom. The number of benzene rings is 2. The third kappa shape index (κ3) is 2.28. The monoisotopic (exact) mass is 257 g/mol. The molecule has 3 heteroatoms. The largest absolute Gasteiger partial charge is 0.489 e. The van der Waals surface area contributed by atoms with Gasteiger partial charge < -0.3 is 10.1 Å². The van der Waals surface area contributed by atoms with E-state index < -0.39 is 0 Å². The summed E-state index contributed by atoms with van der Waals surface area (Å²) in [6.45, 7) is 4.71. The topological polar surface area (TPSA) is 21.3 Å². The van der Waals surface area contributed by atoms with Gasteiger partial charge in [-0.05, 0) is 37.1 Å². The van der Waals surface area contributed by atoms with Crippen molar-refractivity contribution in [3.05, 3.63) is 58.9 Å². The van der Waals surface area contributed by atoms with E-state index >= 15 is 0 Å². The molecule has 1 unspecified atom stereocenters. The lowest BCUT2D eigenvalue weighted by Crippen LogP contribution is -2.24. The summed E-state index contributed by atoms with van der Waals surface area (Å²) in [6.07, 6.45) is 0. The fourth-order valence-electron chi connectivity index (χ4n) is 2.45. The van der Waals surface area contributed by atoms with Crippen molar-refractivity contribution in [3.8, 4) is 5.75 Å². The zero-order valence-electron chi connectivity index (χ0n) is 11.0. The van der Waals surface area contributed by atoms with Crippen LogP contribution in [0.1, 0.15) is 22.7 Å². The molecular formula is C16H16FNO. The standard InChI is InChI=1S/C16H16FNO/c1-10-3-4-11(2)13(7-10)15-9-19-16-6-5-12(17)8-14(16)18-15/h3-8,15,18H,9H2,1-2H3. The molecule has 0 aromatic heterocycles. The molecule has 0 saturated carbocycles. The number of hydrogen-bond acceptors (Lipinski definition) is 2. The van der Waals surface area contributed by atoms with Crippen LogP contribution < -0.4 is 10.1 Å². The van der Waals surface area contributed by atoms with E-state index in [0.717, 1.165) is 5.69 Å². The van der Waals surface area contributed by atoms with Gasteiger partial charge in [-0.15, -0.1) is 0 Å². The van der Waals surface area contributed by atoms with E-state index in [-0.39, 0.29) is 11.9 Å². The summed E-state index contributed by atoms with van der Waals surface area (Å²) in [5.74, 6) is 0.458. The summed E-state index contributed by atoms with van der Waals surface area (Å²) in [5, 5.41) is 3.36. The lowest BCUT2D eigenvalue weighted by molar-refractivity contribution is 0.285. The van der Waals surface area contributed by atoms with E-state index in [0.29, 0.717) is 12.4 Å². The van der Waals surface area contributed by atoms with Crippen molar-refractivity contribution in [1.29, 1.82) is 0 Å². The van der Waals surface area contributed by atoms with E-state index in [9.17, 15) is 4.39 Å². The summed E-state index contributed by atoms with van der Waals surface area (Å²) in [5.41, 5.74) is 4.35. The quantitative estimate of drug-likeness (QED) is 0.834. The van der Waals surface area contributed by atoms with Crippen molar-refractivity contribution in [2.45, 2.75) is 19.9 Å².